The summed E-state index contributed by atoms with van der Waals surface area (Å²) in [4.78, 5) is 24.1. The van der Waals surface area contributed by atoms with E-state index in [0.717, 1.165) is 11.8 Å². The lowest BCUT2D eigenvalue weighted by Gasteiger charge is -2.11. The zero-order chi connectivity index (χ0) is 12.4. The number of amides is 1. The normalized spacial score (nSPS) is 19.4. The van der Waals surface area contributed by atoms with Gasteiger partial charge in [-0.3, -0.25) is 14.5 Å². The summed E-state index contributed by atoms with van der Waals surface area (Å²) in [5, 5.41) is 12.2. The van der Waals surface area contributed by atoms with Crippen molar-refractivity contribution < 1.29 is 14.1 Å². The van der Waals surface area contributed by atoms with Crippen LogP contribution >= 0.6 is 11.8 Å². The highest BCUT2D eigenvalue weighted by Gasteiger charge is 2.35. The molecule has 0 radical (unpaired) electrons. The third-order valence-corrected chi connectivity index (χ3v) is 3.32. The number of nitrogens with zero attached hydrogens (tertiary/aromatic N) is 3. The number of nitriles is 1. The van der Waals surface area contributed by atoms with E-state index in [0.29, 0.717) is 6.54 Å². The first-order chi connectivity index (χ1) is 8.11. The second kappa shape index (κ2) is 4.59. The van der Waals surface area contributed by atoms with Gasteiger partial charge in [-0.25, -0.2) is 0 Å². The Hall–Kier alpha value is -1.81. The van der Waals surface area contributed by atoms with Crippen LogP contribution in [0.5, 0.6) is 0 Å². The zero-order valence-electron chi connectivity index (χ0n) is 9.04. The number of hydrogen-bond acceptors (Lipinski definition) is 6. The van der Waals surface area contributed by atoms with Crippen LogP contribution in [0.2, 0.25) is 0 Å². The maximum absolute atomic E-state index is 11.7. The quantitative estimate of drug-likeness (QED) is 0.777. The molecule has 1 aliphatic rings. The van der Waals surface area contributed by atoms with Crippen LogP contribution in [0.25, 0.3) is 0 Å². The van der Waals surface area contributed by atoms with Gasteiger partial charge in [-0.15, -0.1) is 0 Å². The first-order valence-electron chi connectivity index (χ1n) is 4.94. The molecular formula is C10H9N3O3S. The molecule has 0 aliphatic carbocycles. The van der Waals surface area contributed by atoms with E-state index < -0.39 is 0 Å². The molecule has 17 heavy (non-hydrogen) atoms. The fourth-order valence-corrected chi connectivity index (χ4v) is 2.61. The van der Waals surface area contributed by atoms with Gasteiger partial charge in [-0.05, 0) is 0 Å². The second-order valence-corrected chi connectivity index (χ2v) is 5.07. The fourth-order valence-electron chi connectivity index (χ4n) is 1.69. The molecule has 1 saturated heterocycles. The Morgan fingerprint density at radius 1 is 1.76 bits per heavy atom. The Labute approximate surface area is 102 Å². The molecule has 1 fully saturated rings. The SMILES string of the molecule is CC(=O)SC1CC(=O)N(c2oncc2C#N)C1. The first kappa shape index (κ1) is 11.7. The van der Waals surface area contributed by atoms with Crippen LogP contribution in [0.1, 0.15) is 18.9 Å². The number of carbonyl (C=O) groups is 2. The molecule has 0 spiro atoms. The lowest BCUT2D eigenvalue weighted by atomic mass is 10.3. The van der Waals surface area contributed by atoms with E-state index in [9.17, 15) is 9.59 Å². The minimum Gasteiger partial charge on any atom is -0.337 e. The Kier molecular flexibility index (Phi) is 3.15. The molecule has 0 saturated carbocycles. The lowest BCUT2D eigenvalue weighted by Crippen LogP contribution is -2.25. The van der Waals surface area contributed by atoms with Gasteiger partial charge < -0.3 is 4.52 Å². The van der Waals surface area contributed by atoms with Gasteiger partial charge in [0.05, 0.1) is 6.20 Å². The highest BCUT2D eigenvalue weighted by molar-refractivity contribution is 8.14. The fraction of sp³-hybridized carbons (Fsp3) is 0.400. The third-order valence-electron chi connectivity index (χ3n) is 2.34. The predicted molar refractivity (Wildman–Crippen MR) is 60.2 cm³/mol. The highest BCUT2D eigenvalue weighted by Crippen LogP contribution is 2.30. The van der Waals surface area contributed by atoms with Crippen molar-refractivity contribution >= 4 is 28.7 Å². The molecule has 6 nitrogen and oxygen atoms in total. The predicted octanol–water partition coefficient (Wildman–Crippen LogP) is 0.931. The van der Waals surface area contributed by atoms with Crippen molar-refractivity contribution in [2.24, 2.45) is 0 Å². The van der Waals surface area contributed by atoms with Crippen molar-refractivity contribution in [2.45, 2.75) is 18.6 Å². The van der Waals surface area contributed by atoms with Crippen LogP contribution < -0.4 is 4.90 Å². The summed E-state index contributed by atoms with van der Waals surface area (Å²) < 4.78 is 4.90. The minimum absolute atomic E-state index is 0.0253. The molecule has 7 heteroatoms. The number of hydrogen-bond donors (Lipinski definition) is 0. The largest absolute Gasteiger partial charge is 0.337 e. The van der Waals surface area contributed by atoms with Gasteiger partial charge in [0.1, 0.15) is 11.6 Å². The van der Waals surface area contributed by atoms with E-state index in [1.165, 1.54) is 18.0 Å². The summed E-state index contributed by atoms with van der Waals surface area (Å²) >= 11 is 1.13. The Bertz CT molecular complexity index is 505. The number of carbonyl (C=O) groups excluding carboxylic acids is 2. The molecule has 1 aliphatic heterocycles. The van der Waals surface area contributed by atoms with E-state index in [4.69, 9.17) is 9.78 Å². The van der Waals surface area contributed by atoms with Crippen LogP contribution in [0, 0.1) is 11.3 Å². The molecule has 1 aromatic heterocycles. The number of anilines is 1. The molecule has 1 unspecified atom stereocenters. The standard InChI is InChI=1S/C10H9N3O3S/c1-6(14)17-8-2-9(15)13(5-8)10-7(3-11)4-12-16-10/h4,8H,2,5H2,1H3. The van der Waals surface area contributed by atoms with E-state index in [2.05, 4.69) is 5.16 Å². The van der Waals surface area contributed by atoms with Gasteiger partial charge in [0.2, 0.25) is 5.91 Å². The van der Waals surface area contributed by atoms with E-state index in [1.807, 2.05) is 6.07 Å². The summed E-state index contributed by atoms with van der Waals surface area (Å²) in [5.74, 6) is 0.0150. The second-order valence-electron chi connectivity index (χ2n) is 3.60. The van der Waals surface area contributed by atoms with Crippen molar-refractivity contribution in [1.29, 1.82) is 5.26 Å². The summed E-state index contributed by atoms with van der Waals surface area (Å²) in [7, 11) is 0. The van der Waals surface area contributed by atoms with E-state index >= 15 is 0 Å². The Morgan fingerprint density at radius 2 is 2.53 bits per heavy atom. The maximum Gasteiger partial charge on any atom is 0.251 e. The average Bonchev–Trinajstić information content (AvgIpc) is 2.83. The molecule has 1 amide bonds. The summed E-state index contributed by atoms with van der Waals surface area (Å²) in [6.07, 6.45) is 1.55. The highest BCUT2D eigenvalue weighted by atomic mass is 32.2. The van der Waals surface area contributed by atoms with Crippen molar-refractivity contribution in [2.75, 3.05) is 11.4 Å². The van der Waals surface area contributed by atoms with Crippen molar-refractivity contribution in [3.05, 3.63) is 11.8 Å². The number of rotatable bonds is 2. The van der Waals surface area contributed by atoms with Crippen LogP contribution in [0.15, 0.2) is 10.7 Å². The van der Waals surface area contributed by atoms with Gasteiger partial charge in [-0.2, -0.15) is 5.26 Å². The average molecular weight is 251 g/mol. The molecule has 0 N–H and O–H groups in total. The first-order valence-corrected chi connectivity index (χ1v) is 5.82. The summed E-state index contributed by atoms with van der Waals surface area (Å²) in [5.41, 5.74) is 0.229. The van der Waals surface area contributed by atoms with Gasteiger partial charge in [0, 0.05) is 25.1 Å². The van der Waals surface area contributed by atoms with Crippen LogP contribution in [-0.4, -0.2) is 28.0 Å². The van der Waals surface area contributed by atoms with Crippen molar-refractivity contribution in [1.82, 2.24) is 5.16 Å². The van der Waals surface area contributed by atoms with Crippen LogP contribution in [0.4, 0.5) is 5.88 Å². The molecular weight excluding hydrogens is 242 g/mol. The number of aromatic nitrogens is 1. The minimum atomic E-state index is -0.156. The van der Waals surface area contributed by atoms with Crippen LogP contribution in [0.3, 0.4) is 0 Å². The van der Waals surface area contributed by atoms with Crippen molar-refractivity contribution in [3.63, 3.8) is 0 Å². The molecule has 0 bridgehead atoms. The Balaban J connectivity index is 2.16. The van der Waals surface area contributed by atoms with Gasteiger partial charge in [0.15, 0.2) is 5.12 Å². The molecule has 2 heterocycles. The van der Waals surface area contributed by atoms with Gasteiger partial charge in [0.25, 0.3) is 5.88 Å². The zero-order valence-corrected chi connectivity index (χ0v) is 9.86. The van der Waals surface area contributed by atoms with Crippen molar-refractivity contribution in [3.8, 4) is 6.07 Å². The van der Waals surface area contributed by atoms with E-state index in [1.54, 1.807) is 0 Å². The molecule has 1 atom stereocenters. The van der Waals surface area contributed by atoms with Gasteiger partial charge in [-0.1, -0.05) is 16.9 Å². The topological polar surface area (TPSA) is 87.2 Å². The molecule has 0 aromatic carbocycles. The summed E-state index contributed by atoms with van der Waals surface area (Å²) in [6, 6.07) is 1.90. The Morgan fingerprint density at radius 3 is 3.18 bits per heavy atom. The molecule has 2 rings (SSSR count). The van der Waals surface area contributed by atoms with E-state index in [-0.39, 0.29) is 34.1 Å². The summed E-state index contributed by atoms with van der Waals surface area (Å²) in [6.45, 7) is 1.83. The molecule has 88 valence electrons. The lowest BCUT2D eigenvalue weighted by molar-refractivity contribution is -0.117. The van der Waals surface area contributed by atoms with Crippen LogP contribution in [-0.2, 0) is 9.59 Å². The smallest absolute Gasteiger partial charge is 0.251 e. The number of thioether (sulfide) groups is 1. The third kappa shape index (κ3) is 2.31. The maximum atomic E-state index is 11.7. The van der Waals surface area contributed by atoms with Gasteiger partial charge >= 0.3 is 0 Å². The molecule has 1 aromatic rings. The monoisotopic (exact) mass is 251 g/mol.